The molecule has 3 N–H and O–H groups in total. The van der Waals surface area contributed by atoms with E-state index in [0.717, 1.165) is 47.6 Å². The Balaban J connectivity index is 1.23. The van der Waals surface area contributed by atoms with E-state index in [1.54, 1.807) is 24.4 Å². The highest BCUT2D eigenvalue weighted by Gasteiger charge is 2.30. The van der Waals surface area contributed by atoms with Crippen LogP contribution in [0.25, 0.3) is 22.5 Å². The fourth-order valence-corrected chi connectivity index (χ4v) is 4.17. The second-order valence-electron chi connectivity index (χ2n) is 8.79. The van der Waals surface area contributed by atoms with Gasteiger partial charge in [0.15, 0.2) is 6.61 Å². The SMILES string of the molecule is O=C(COC(=O)c1ccc(C(F)(F)F)cc1)Nc1cccc(-c2cc(-c3cc4c([nH]3)CCNC4=O)ccn2)c1. The molecule has 3 heterocycles. The Labute approximate surface area is 220 Å². The van der Waals surface area contributed by atoms with Crippen molar-refractivity contribution in [1.29, 1.82) is 0 Å². The number of amides is 2. The molecule has 0 saturated heterocycles. The molecule has 2 aromatic heterocycles. The number of hydrogen-bond acceptors (Lipinski definition) is 5. The standard InChI is InChI=1S/C28H21F3N4O4/c29-28(30,31)19-6-4-16(5-7-19)27(38)39-15-25(36)34-20-3-1-2-17(12-20)23-13-18(8-10-32-23)24-14-21-22(35-24)9-11-33-26(21)37/h1-8,10,12-14,35H,9,11,15H2,(H,33,37)(H,34,36). The molecule has 0 atom stereocenters. The van der Waals surface area contributed by atoms with E-state index in [4.69, 9.17) is 4.74 Å². The lowest BCUT2D eigenvalue weighted by Gasteiger charge is -2.11. The van der Waals surface area contributed by atoms with Crippen LogP contribution in [0.1, 0.15) is 32.0 Å². The van der Waals surface area contributed by atoms with E-state index in [2.05, 4.69) is 20.6 Å². The van der Waals surface area contributed by atoms with Gasteiger partial charge in [0.1, 0.15) is 0 Å². The molecule has 0 aliphatic carbocycles. The van der Waals surface area contributed by atoms with Gasteiger partial charge in [0.2, 0.25) is 0 Å². The van der Waals surface area contributed by atoms with Crippen molar-refractivity contribution in [2.24, 2.45) is 0 Å². The van der Waals surface area contributed by atoms with Gasteiger partial charge in [-0.1, -0.05) is 12.1 Å². The number of benzene rings is 2. The van der Waals surface area contributed by atoms with Gasteiger partial charge in [-0.2, -0.15) is 13.2 Å². The number of carbonyl (C=O) groups excluding carboxylic acids is 3. The van der Waals surface area contributed by atoms with Gasteiger partial charge in [0, 0.05) is 47.4 Å². The van der Waals surface area contributed by atoms with Gasteiger partial charge in [0.05, 0.1) is 22.4 Å². The third-order valence-corrected chi connectivity index (χ3v) is 6.10. The number of rotatable bonds is 6. The van der Waals surface area contributed by atoms with Crippen molar-refractivity contribution in [2.45, 2.75) is 12.6 Å². The maximum absolute atomic E-state index is 12.7. The van der Waals surface area contributed by atoms with Gasteiger partial charge < -0.3 is 20.4 Å². The summed E-state index contributed by atoms with van der Waals surface area (Å²) in [5.74, 6) is -1.65. The second kappa shape index (κ2) is 10.4. The summed E-state index contributed by atoms with van der Waals surface area (Å²) in [6.45, 7) is -0.0387. The number of esters is 1. The number of aromatic nitrogens is 2. The summed E-state index contributed by atoms with van der Waals surface area (Å²) < 4.78 is 43.0. The molecule has 2 aromatic carbocycles. The largest absolute Gasteiger partial charge is 0.452 e. The zero-order valence-corrected chi connectivity index (χ0v) is 20.3. The van der Waals surface area contributed by atoms with Crippen LogP contribution < -0.4 is 10.6 Å². The van der Waals surface area contributed by atoms with Gasteiger partial charge in [-0.3, -0.25) is 14.6 Å². The Morgan fingerprint density at radius 1 is 1.00 bits per heavy atom. The monoisotopic (exact) mass is 534 g/mol. The number of ether oxygens (including phenoxy) is 1. The number of H-pyrrole nitrogens is 1. The van der Waals surface area contributed by atoms with Crippen LogP contribution in [0.4, 0.5) is 18.9 Å². The van der Waals surface area contributed by atoms with Gasteiger partial charge in [-0.05, 0) is 54.6 Å². The van der Waals surface area contributed by atoms with E-state index in [1.807, 2.05) is 24.3 Å². The third-order valence-electron chi connectivity index (χ3n) is 6.10. The maximum Gasteiger partial charge on any atom is 0.416 e. The van der Waals surface area contributed by atoms with Crippen molar-refractivity contribution >= 4 is 23.5 Å². The topological polar surface area (TPSA) is 113 Å². The van der Waals surface area contributed by atoms with Gasteiger partial charge >= 0.3 is 12.1 Å². The van der Waals surface area contributed by atoms with Crippen LogP contribution >= 0.6 is 0 Å². The molecule has 1 aliphatic rings. The highest BCUT2D eigenvalue weighted by molar-refractivity contribution is 5.98. The van der Waals surface area contributed by atoms with Crippen LogP contribution in [0.5, 0.6) is 0 Å². The molecule has 0 unspecified atom stereocenters. The zero-order valence-electron chi connectivity index (χ0n) is 20.3. The summed E-state index contributed by atoms with van der Waals surface area (Å²) in [6.07, 6.45) is -2.15. The van der Waals surface area contributed by atoms with Crippen LogP contribution in [0.2, 0.25) is 0 Å². The number of anilines is 1. The number of halogens is 3. The fraction of sp³-hybridized carbons (Fsp3) is 0.143. The number of fused-ring (bicyclic) bond motifs is 1. The zero-order chi connectivity index (χ0) is 27.6. The average molecular weight is 534 g/mol. The molecule has 11 heteroatoms. The number of pyridine rings is 1. The molecule has 39 heavy (non-hydrogen) atoms. The van der Waals surface area contributed by atoms with Crippen molar-refractivity contribution < 1.29 is 32.3 Å². The number of aromatic amines is 1. The Morgan fingerprint density at radius 2 is 1.79 bits per heavy atom. The van der Waals surface area contributed by atoms with Gasteiger partial charge in [0.25, 0.3) is 11.8 Å². The summed E-state index contributed by atoms with van der Waals surface area (Å²) in [5, 5.41) is 5.45. The van der Waals surface area contributed by atoms with Crippen LogP contribution in [0, 0.1) is 0 Å². The molecule has 2 amide bonds. The molecule has 4 aromatic rings. The van der Waals surface area contributed by atoms with E-state index < -0.39 is 30.2 Å². The molecule has 5 rings (SSSR count). The Bertz CT molecular complexity index is 1560. The minimum Gasteiger partial charge on any atom is -0.452 e. The first-order valence-electron chi connectivity index (χ1n) is 11.9. The molecule has 198 valence electrons. The first-order valence-corrected chi connectivity index (χ1v) is 11.9. The number of carbonyl (C=O) groups is 3. The molecule has 0 radical (unpaired) electrons. The first-order chi connectivity index (χ1) is 18.7. The second-order valence-corrected chi connectivity index (χ2v) is 8.79. The molecule has 0 fully saturated rings. The molecular weight excluding hydrogens is 513 g/mol. The number of hydrogen-bond donors (Lipinski definition) is 3. The lowest BCUT2D eigenvalue weighted by Crippen LogP contribution is -2.31. The molecule has 1 aliphatic heterocycles. The van der Waals surface area contributed by atoms with Crippen molar-refractivity contribution in [1.82, 2.24) is 15.3 Å². The molecule has 0 saturated carbocycles. The summed E-state index contributed by atoms with van der Waals surface area (Å²) in [7, 11) is 0. The van der Waals surface area contributed by atoms with Crippen molar-refractivity contribution in [3.8, 4) is 22.5 Å². The predicted molar refractivity (Wildman–Crippen MR) is 136 cm³/mol. The van der Waals surface area contributed by atoms with Crippen molar-refractivity contribution in [2.75, 3.05) is 18.5 Å². The minimum absolute atomic E-state index is 0.104. The lowest BCUT2D eigenvalue weighted by molar-refractivity contribution is -0.137. The fourth-order valence-electron chi connectivity index (χ4n) is 4.17. The van der Waals surface area contributed by atoms with E-state index >= 15 is 0 Å². The summed E-state index contributed by atoms with van der Waals surface area (Å²) in [6, 6.07) is 15.9. The van der Waals surface area contributed by atoms with E-state index in [9.17, 15) is 27.6 Å². The van der Waals surface area contributed by atoms with Crippen molar-refractivity contribution in [3.63, 3.8) is 0 Å². The minimum atomic E-state index is -4.52. The lowest BCUT2D eigenvalue weighted by atomic mass is 10.1. The molecule has 8 nitrogen and oxygen atoms in total. The summed E-state index contributed by atoms with van der Waals surface area (Å²) in [4.78, 5) is 44.3. The van der Waals surface area contributed by atoms with Gasteiger partial charge in [-0.25, -0.2) is 4.79 Å². The number of nitrogens with one attached hydrogen (secondary N) is 3. The van der Waals surface area contributed by atoms with Crippen molar-refractivity contribution in [3.05, 3.63) is 95.3 Å². The van der Waals surface area contributed by atoms with E-state index in [1.165, 1.54) is 0 Å². The summed E-state index contributed by atoms with van der Waals surface area (Å²) >= 11 is 0. The number of nitrogens with zero attached hydrogens (tertiary/aromatic N) is 1. The third kappa shape index (κ3) is 5.82. The molecule has 0 spiro atoms. The Kier molecular flexibility index (Phi) is 6.88. The van der Waals surface area contributed by atoms with Gasteiger partial charge in [-0.15, -0.1) is 0 Å². The first kappa shape index (κ1) is 25.7. The summed E-state index contributed by atoms with van der Waals surface area (Å²) in [5.41, 5.74) is 3.92. The maximum atomic E-state index is 12.7. The Hall–Kier alpha value is -4.93. The van der Waals surface area contributed by atoms with Crippen LogP contribution in [0.15, 0.2) is 72.9 Å². The van der Waals surface area contributed by atoms with Crippen LogP contribution in [-0.4, -0.2) is 40.9 Å². The quantitative estimate of drug-likeness (QED) is 0.306. The van der Waals surface area contributed by atoms with E-state index in [-0.39, 0.29) is 11.5 Å². The highest BCUT2D eigenvalue weighted by Crippen LogP contribution is 2.30. The molecular formula is C28H21F3N4O4. The van der Waals surface area contributed by atoms with Crippen LogP contribution in [0.3, 0.4) is 0 Å². The predicted octanol–water partition coefficient (Wildman–Crippen LogP) is 4.84. The van der Waals surface area contributed by atoms with Crippen LogP contribution in [-0.2, 0) is 22.1 Å². The highest BCUT2D eigenvalue weighted by atomic mass is 19.4. The number of alkyl halides is 3. The molecule has 0 bridgehead atoms. The Morgan fingerprint density at radius 3 is 2.54 bits per heavy atom. The van der Waals surface area contributed by atoms with E-state index in [0.29, 0.717) is 29.1 Å². The smallest absolute Gasteiger partial charge is 0.416 e. The normalized spacial score (nSPS) is 12.8. The average Bonchev–Trinajstić information content (AvgIpc) is 3.38.